The van der Waals surface area contributed by atoms with Crippen LogP contribution in [-0.4, -0.2) is 9.97 Å². The van der Waals surface area contributed by atoms with Crippen LogP contribution in [0, 0.1) is 12.7 Å². The summed E-state index contributed by atoms with van der Waals surface area (Å²) in [6, 6.07) is 4.75. The third-order valence-electron chi connectivity index (χ3n) is 2.64. The van der Waals surface area contributed by atoms with E-state index < -0.39 is 0 Å². The number of halogens is 2. The second kappa shape index (κ2) is 5.52. The summed E-state index contributed by atoms with van der Waals surface area (Å²) in [5.41, 5.74) is 7.27. The van der Waals surface area contributed by atoms with Crippen molar-refractivity contribution in [3.8, 4) is 0 Å². The number of aryl methyl sites for hydroxylation is 2. The summed E-state index contributed by atoms with van der Waals surface area (Å²) in [5, 5.41) is 3.06. The Bertz CT molecular complexity index is 616. The average molecular weight is 325 g/mol. The minimum atomic E-state index is -0.328. The highest BCUT2D eigenvalue weighted by molar-refractivity contribution is 9.10. The molecule has 0 spiro atoms. The van der Waals surface area contributed by atoms with E-state index in [0.29, 0.717) is 34.0 Å². The smallest absolute Gasteiger partial charge is 0.139 e. The summed E-state index contributed by atoms with van der Waals surface area (Å²) >= 11 is 3.15. The third-order valence-corrected chi connectivity index (χ3v) is 3.25. The molecule has 0 bridgehead atoms. The van der Waals surface area contributed by atoms with Crippen molar-refractivity contribution in [2.75, 3.05) is 11.1 Å². The zero-order valence-electron chi connectivity index (χ0n) is 10.7. The number of anilines is 3. The highest BCUT2D eigenvalue weighted by Crippen LogP contribution is 2.26. The fourth-order valence-electron chi connectivity index (χ4n) is 1.66. The van der Waals surface area contributed by atoms with Crippen molar-refractivity contribution in [1.82, 2.24) is 9.97 Å². The van der Waals surface area contributed by atoms with Crippen molar-refractivity contribution >= 4 is 33.3 Å². The number of nitrogens with one attached hydrogen (secondary N) is 1. The van der Waals surface area contributed by atoms with E-state index >= 15 is 0 Å². The number of aromatic nitrogens is 2. The van der Waals surface area contributed by atoms with Crippen LogP contribution in [-0.2, 0) is 6.42 Å². The van der Waals surface area contributed by atoms with E-state index in [9.17, 15) is 4.39 Å². The van der Waals surface area contributed by atoms with E-state index in [1.807, 2.05) is 13.8 Å². The maximum absolute atomic E-state index is 13.5. The van der Waals surface area contributed by atoms with Crippen LogP contribution >= 0.6 is 15.9 Å². The van der Waals surface area contributed by atoms with Gasteiger partial charge in [-0.1, -0.05) is 6.92 Å². The van der Waals surface area contributed by atoms with Gasteiger partial charge in [0.05, 0.1) is 4.47 Å². The first-order valence-electron chi connectivity index (χ1n) is 5.85. The lowest BCUT2D eigenvalue weighted by Crippen LogP contribution is -2.03. The lowest BCUT2D eigenvalue weighted by atomic mass is 10.2. The molecule has 0 unspecified atom stereocenters. The summed E-state index contributed by atoms with van der Waals surface area (Å²) in [5.74, 6) is 1.28. The van der Waals surface area contributed by atoms with Gasteiger partial charge in [-0.15, -0.1) is 0 Å². The third kappa shape index (κ3) is 3.20. The standard InChI is InChI=1S/C13H14BrFN4/c1-3-12-18-11(16)6-13(19-12)17-10-5-9(15)8(14)4-7(10)2/h4-6H,3H2,1-2H3,(H3,16,17,18,19). The van der Waals surface area contributed by atoms with Gasteiger partial charge in [-0.3, -0.25) is 0 Å². The topological polar surface area (TPSA) is 63.8 Å². The molecule has 0 aliphatic heterocycles. The Morgan fingerprint density at radius 1 is 1.32 bits per heavy atom. The van der Waals surface area contributed by atoms with Gasteiger partial charge in [0.2, 0.25) is 0 Å². The first kappa shape index (κ1) is 13.7. The monoisotopic (exact) mass is 324 g/mol. The first-order chi connectivity index (χ1) is 8.99. The molecule has 0 atom stereocenters. The van der Waals surface area contributed by atoms with E-state index in [0.717, 1.165) is 5.56 Å². The van der Waals surface area contributed by atoms with Crippen LogP contribution in [0.3, 0.4) is 0 Å². The number of hydrogen-bond donors (Lipinski definition) is 2. The van der Waals surface area contributed by atoms with E-state index in [1.165, 1.54) is 6.07 Å². The van der Waals surface area contributed by atoms with Crippen LogP contribution in [0.15, 0.2) is 22.7 Å². The molecule has 2 rings (SSSR count). The SMILES string of the molecule is CCc1nc(N)cc(Nc2cc(F)c(Br)cc2C)n1. The van der Waals surface area contributed by atoms with Crippen LogP contribution in [0.25, 0.3) is 0 Å². The van der Waals surface area contributed by atoms with Crippen LogP contribution in [0.4, 0.5) is 21.7 Å². The fourth-order valence-corrected chi connectivity index (χ4v) is 2.12. The molecule has 0 saturated heterocycles. The summed E-state index contributed by atoms with van der Waals surface area (Å²) in [4.78, 5) is 8.40. The molecule has 0 amide bonds. The molecule has 0 aliphatic carbocycles. The van der Waals surface area contributed by atoms with Gasteiger partial charge < -0.3 is 11.1 Å². The molecule has 19 heavy (non-hydrogen) atoms. The number of rotatable bonds is 3. The van der Waals surface area contributed by atoms with Gasteiger partial charge in [-0.25, -0.2) is 14.4 Å². The number of nitrogens with two attached hydrogens (primary N) is 1. The molecule has 1 heterocycles. The summed E-state index contributed by atoms with van der Waals surface area (Å²) < 4.78 is 14.0. The van der Waals surface area contributed by atoms with Gasteiger partial charge >= 0.3 is 0 Å². The molecular formula is C13H14BrFN4. The Hall–Kier alpha value is -1.69. The summed E-state index contributed by atoms with van der Waals surface area (Å²) in [7, 11) is 0. The highest BCUT2D eigenvalue weighted by atomic mass is 79.9. The number of hydrogen-bond acceptors (Lipinski definition) is 4. The molecule has 2 aromatic rings. The lowest BCUT2D eigenvalue weighted by Gasteiger charge is -2.11. The average Bonchev–Trinajstić information content (AvgIpc) is 2.35. The zero-order valence-corrected chi connectivity index (χ0v) is 12.3. The van der Waals surface area contributed by atoms with Gasteiger partial charge in [-0.2, -0.15) is 0 Å². The molecule has 1 aromatic heterocycles. The van der Waals surface area contributed by atoms with Gasteiger partial charge in [0.1, 0.15) is 23.3 Å². The van der Waals surface area contributed by atoms with Crippen molar-refractivity contribution in [2.45, 2.75) is 20.3 Å². The molecule has 6 heteroatoms. The van der Waals surface area contributed by atoms with Crippen molar-refractivity contribution in [3.63, 3.8) is 0 Å². The number of benzene rings is 1. The maximum Gasteiger partial charge on any atom is 0.139 e. The molecule has 0 fully saturated rings. The highest BCUT2D eigenvalue weighted by Gasteiger charge is 2.07. The molecule has 4 nitrogen and oxygen atoms in total. The normalized spacial score (nSPS) is 10.5. The quantitative estimate of drug-likeness (QED) is 0.905. The summed E-state index contributed by atoms with van der Waals surface area (Å²) in [6.45, 7) is 3.83. The van der Waals surface area contributed by atoms with Crippen LogP contribution in [0.2, 0.25) is 0 Å². The fraction of sp³-hybridized carbons (Fsp3) is 0.231. The van der Waals surface area contributed by atoms with Crippen LogP contribution in [0.5, 0.6) is 0 Å². The van der Waals surface area contributed by atoms with Crippen molar-refractivity contribution < 1.29 is 4.39 Å². The van der Waals surface area contributed by atoms with Gasteiger partial charge in [-0.05, 0) is 40.5 Å². The Morgan fingerprint density at radius 2 is 2.05 bits per heavy atom. The predicted octanol–water partition coefficient (Wildman–Crippen LogP) is 3.57. The molecule has 0 saturated carbocycles. The largest absolute Gasteiger partial charge is 0.384 e. The van der Waals surface area contributed by atoms with E-state index in [4.69, 9.17) is 5.73 Å². The zero-order chi connectivity index (χ0) is 14.0. The Morgan fingerprint density at radius 3 is 2.74 bits per heavy atom. The lowest BCUT2D eigenvalue weighted by molar-refractivity contribution is 0.621. The minimum absolute atomic E-state index is 0.328. The number of nitrogens with zero attached hydrogens (tertiary/aromatic N) is 2. The maximum atomic E-state index is 13.5. The van der Waals surface area contributed by atoms with E-state index in [2.05, 4.69) is 31.2 Å². The summed E-state index contributed by atoms with van der Waals surface area (Å²) in [6.07, 6.45) is 0.688. The molecule has 1 aromatic carbocycles. The van der Waals surface area contributed by atoms with Crippen molar-refractivity contribution in [2.24, 2.45) is 0 Å². The second-order valence-electron chi connectivity index (χ2n) is 4.15. The first-order valence-corrected chi connectivity index (χ1v) is 6.65. The van der Waals surface area contributed by atoms with Crippen LogP contribution in [0.1, 0.15) is 18.3 Å². The van der Waals surface area contributed by atoms with Crippen molar-refractivity contribution in [1.29, 1.82) is 0 Å². The molecule has 3 N–H and O–H groups in total. The van der Waals surface area contributed by atoms with Gasteiger partial charge in [0.25, 0.3) is 0 Å². The van der Waals surface area contributed by atoms with E-state index in [1.54, 1.807) is 12.1 Å². The van der Waals surface area contributed by atoms with Crippen LogP contribution < -0.4 is 11.1 Å². The second-order valence-corrected chi connectivity index (χ2v) is 5.01. The predicted molar refractivity (Wildman–Crippen MR) is 77.9 cm³/mol. The van der Waals surface area contributed by atoms with Gasteiger partial charge in [0.15, 0.2) is 0 Å². The van der Waals surface area contributed by atoms with Crippen molar-refractivity contribution in [3.05, 3.63) is 39.9 Å². The molecular weight excluding hydrogens is 311 g/mol. The van der Waals surface area contributed by atoms with E-state index in [-0.39, 0.29) is 5.82 Å². The molecule has 100 valence electrons. The minimum Gasteiger partial charge on any atom is -0.384 e. The Kier molecular flexibility index (Phi) is 3.99. The molecule has 0 radical (unpaired) electrons. The Balaban J connectivity index is 2.36. The molecule has 0 aliphatic rings. The van der Waals surface area contributed by atoms with Gasteiger partial charge in [0, 0.05) is 18.2 Å². The number of nitrogen functional groups attached to an aromatic ring is 1. The Labute approximate surface area is 119 Å².